The average Bonchev–Trinajstić information content (AvgIpc) is 2.21. The van der Waals surface area contributed by atoms with Gasteiger partial charge in [-0.3, -0.25) is 0 Å². The summed E-state index contributed by atoms with van der Waals surface area (Å²) < 4.78 is 0. The minimum Gasteiger partial charge on any atom is -0.395 e. The van der Waals surface area contributed by atoms with Crippen molar-refractivity contribution >= 4 is 0 Å². The largest absolute Gasteiger partial charge is 0.395 e. The van der Waals surface area contributed by atoms with Gasteiger partial charge in [-0.2, -0.15) is 0 Å². The van der Waals surface area contributed by atoms with Crippen molar-refractivity contribution in [2.45, 2.75) is 0 Å². The Balaban J connectivity index is 0. The highest BCUT2D eigenvalue weighted by atomic mass is 16.3. The summed E-state index contributed by atoms with van der Waals surface area (Å²) in [5.74, 6) is 0. The van der Waals surface area contributed by atoms with Gasteiger partial charge >= 0.3 is 0 Å². The molecule has 0 aromatic heterocycles. The first-order valence-electron chi connectivity index (χ1n) is 4.77. The third-order valence-corrected chi connectivity index (χ3v) is 1.19. The Morgan fingerprint density at radius 2 is 1.07 bits per heavy atom. The smallest absolute Gasteiger partial charge is 0.0555 e. The van der Waals surface area contributed by atoms with E-state index in [9.17, 15) is 0 Å². The fourth-order valence-electron chi connectivity index (χ4n) is 0.589. The highest BCUT2D eigenvalue weighted by Gasteiger charge is 1.78. The van der Waals surface area contributed by atoms with Gasteiger partial charge < -0.3 is 31.7 Å². The van der Waals surface area contributed by atoms with E-state index in [2.05, 4.69) is 10.6 Å². The number of aliphatic hydroxyl groups excluding tert-OH is 3. The topological polar surface area (TPSA) is 111 Å². The maximum absolute atomic E-state index is 8.19. The van der Waals surface area contributed by atoms with Crippen LogP contribution in [-0.2, 0) is 0 Å². The van der Waals surface area contributed by atoms with E-state index in [1.807, 2.05) is 0 Å². The van der Waals surface area contributed by atoms with E-state index in [0.717, 1.165) is 6.54 Å². The van der Waals surface area contributed by atoms with Gasteiger partial charge in [-0.1, -0.05) is 0 Å². The first-order chi connectivity index (χ1) is 6.83. The van der Waals surface area contributed by atoms with E-state index >= 15 is 0 Å². The Hall–Kier alpha value is -0.240. The van der Waals surface area contributed by atoms with Crippen LogP contribution < -0.4 is 16.4 Å². The lowest BCUT2D eigenvalue weighted by atomic mass is 10.6. The molecule has 0 radical (unpaired) electrons. The van der Waals surface area contributed by atoms with Crippen LogP contribution in [0.25, 0.3) is 0 Å². The molecule has 0 aliphatic carbocycles. The van der Waals surface area contributed by atoms with E-state index in [0.29, 0.717) is 26.2 Å². The van der Waals surface area contributed by atoms with Crippen molar-refractivity contribution in [1.82, 2.24) is 10.6 Å². The molecule has 0 aliphatic heterocycles. The van der Waals surface area contributed by atoms with Gasteiger partial charge in [0, 0.05) is 32.7 Å². The highest BCUT2D eigenvalue weighted by molar-refractivity contribution is 4.43. The molecular weight excluding hydrogens is 186 g/mol. The summed E-state index contributed by atoms with van der Waals surface area (Å²) in [7, 11) is 0. The van der Waals surface area contributed by atoms with Crippen LogP contribution in [0.2, 0.25) is 0 Å². The number of nitrogens with two attached hydrogens (primary N) is 1. The van der Waals surface area contributed by atoms with Crippen LogP contribution in [-0.4, -0.2) is 67.9 Å². The Bertz CT molecular complexity index is 68.2. The molecule has 0 saturated carbocycles. The number of rotatable bonds is 8. The molecule has 0 bridgehead atoms. The lowest BCUT2D eigenvalue weighted by molar-refractivity contribution is 0.266. The van der Waals surface area contributed by atoms with Gasteiger partial charge in [0.15, 0.2) is 0 Å². The Morgan fingerprint density at radius 3 is 1.36 bits per heavy atom. The third kappa shape index (κ3) is 22.6. The molecule has 88 valence electrons. The minimum absolute atomic E-state index is 0.139. The van der Waals surface area contributed by atoms with Gasteiger partial charge in [0.2, 0.25) is 0 Å². The van der Waals surface area contributed by atoms with Crippen LogP contribution in [0, 0.1) is 0 Å². The molecule has 0 aromatic rings. The molecule has 0 aliphatic rings. The van der Waals surface area contributed by atoms with E-state index in [-0.39, 0.29) is 19.8 Å². The lowest BCUT2D eigenvalue weighted by Gasteiger charge is -1.95. The van der Waals surface area contributed by atoms with Crippen molar-refractivity contribution < 1.29 is 15.3 Å². The highest BCUT2D eigenvalue weighted by Crippen LogP contribution is 1.54. The van der Waals surface area contributed by atoms with Crippen molar-refractivity contribution in [2.75, 3.05) is 52.5 Å². The molecule has 0 saturated heterocycles. The summed E-state index contributed by atoms with van der Waals surface area (Å²) in [6.07, 6.45) is 0. The molecule has 0 fully saturated rings. The number of aliphatic hydroxyl groups is 3. The van der Waals surface area contributed by atoms with Gasteiger partial charge in [0.1, 0.15) is 0 Å². The van der Waals surface area contributed by atoms with Crippen LogP contribution in [0.1, 0.15) is 0 Å². The zero-order chi connectivity index (χ0) is 11.1. The first-order valence-corrected chi connectivity index (χ1v) is 4.77. The van der Waals surface area contributed by atoms with Gasteiger partial charge in [-0.25, -0.2) is 0 Å². The van der Waals surface area contributed by atoms with Crippen molar-refractivity contribution in [2.24, 2.45) is 5.73 Å². The van der Waals surface area contributed by atoms with E-state index < -0.39 is 0 Å². The number of hydrogen-bond donors (Lipinski definition) is 6. The fraction of sp³-hybridized carbons (Fsp3) is 1.00. The summed E-state index contributed by atoms with van der Waals surface area (Å²) in [5, 5.41) is 30.2. The van der Waals surface area contributed by atoms with E-state index in [1.54, 1.807) is 0 Å². The standard InChI is InChI=1S/C4H12N2O.C4H11NO2/c5-1-2-6-3-4-7;6-3-1-5-2-4-7/h6-7H,1-5H2;5-7H,1-4H2. The van der Waals surface area contributed by atoms with Crippen LogP contribution in [0.15, 0.2) is 0 Å². The van der Waals surface area contributed by atoms with E-state index in [1.165, 1.54) is 0 Å². The number of hydrogen-bond acceptors (Lipinski definition) is 6. The predicted molar refractivity (Wildman–Crippen MR) is 56.1 cm³/mol. The predicted octanol–water partition coefficient (Wildman–Crippen LogP) is -2.91. The molecule has 0 aromatic carbocycles. The zero-order valence-electron chi connectivity index (χ0n) is 8.58. The first kappa shape index (κ1) is 16.2. The molecule has 0 spiro atoms. The average molecular weight is 209 g/mol. The monoisotopic (exact) mass is 209 g/mol. The van der Waals surface area contributed by atoms with Crippen molar-refractivity contribution in [3.63, 3.8) is 0 Å². The summed E-state index contributed by atoms with van der Waals surface area (Å²) in [6.45, 7) is 3.69. The van der Waals surface area contributed by atoms with Crippen molar-refractivity contribution in [1.29, 1.82) is 0 Å². The molecule has 14 heavy (non-hydrogen) atoms. The maximum Gasteiger partial charge on any atom is 0.0555 e. The van der Waals surface area contributed by atoms with Gasteiger partial charge in [-0.05, 0) is 0 Å². The van der Waals surface area contributed by atoms with Crippen LogP contribution >= 0.6 is 0 Å². The summed E-state index contributed by atoms with van der Waals surface area (Å²) in [5.41, 5.74) is 5.13. The molecular formula is C8H23N3O3. The molecule has 0 amide bonds. The Morgan fingerprint density at radius 1 is 0.714 bits per heavy atom. The fourth-order valence-corrected chi connectivity index (χ4v) is 0.589. The summed E-state index contributed by atoms with van der Waals surface area (Å²) in [6, 6.07) is 0. The van der Waals surface area contributed by atoms with Crippen molar-refractivity contribution in [3.8, 4) is 0 Å². The summed E-state index contributed by atoms with van der Waals surface area (Å²) >= 11 is 0. The maximum atomic E-state index is 8.19. The Kier molecular flexibility index (Phi) is 21.4. The number of nitrogens with one attached hydrogen (secondary N) is 2. The second-order valence-corrected chi connectivity index (χ2v) is 2.46. The normalized spacial score (nSPS) is 9.43. The second kappa shape index (κ2) is 18.5. The molecule has 0 atom stereocenters. The molecule has 0 unspecified atom stereocenters. The van der Waals surface area contributed by atoms with E-state index in [4.69, 9.17) is 21.1 Å². The molecule has 6 nitrogen and oxygen atoms in total. The molecule has 6 heteroatoms. The zero-order valence-corrected chi connectivity index (χ0v) is 8.58. The Labute approximate surface area is 85.1 Å². The summed E-state index contributed by atoms with van der Waals surface area (Å²) in [4.78, 5) is 0. The lowest BCUT2D eigenvalue weighted by Crippen LogP contribution is -2.24. The SMILES string of the molecule is NCCNCCO.OCCNCCO. The van der Waals surface area contributed by atoms with Crippen LogP contribution in [0.4, 0.5) is 0 Å². The van der Waals surface area contributed by atoms with Gasteiger partial charge in [0.25, 0.3) is 0 Å². The molecule has 0 heterocycles. The van der Waals surface area contributed by atoms with Gasteiger partial charge in [-0.15, -0.1) is 0 Å². The second-order valence-electron chi connectivity index (χ2n) is 2.46. The quantitative estimate of drug-likeness (QED) is 0.239. The van der Waals surface area contributed by atoms with Crippen molar-refractivity contribution in [3.05, 3.63) is 0 Å². The minimum atomic E-state index is 0.139. The molecule has 0 rings (SSSR count). The molecule has 7 N–H and O–H groups in total. The van der Waals surface area contributed by atoms with Crippen LogP contribution in [0.5, 0.6) is 0 Å². The van der Waals surface area contributed by atoms with Gasteiger partial charge in [0.05, 0.1) is 19.8 Å². The third-order valence-electron chi connectivity index (χ3n) is 1.19. The van der Waals surface area contributed by atoms with Crippen LogP contribution in [0.3, 0.4) is 0 Å².